The highest BCUT2D eigenvalue weighted by molar-refractivity contribution is 6.15. The summed E-state index contributed by atoms with van der Waals surface area (Å²) in [6.07, 6.45) is 0. The van der Waals surface area contributed by atoms with Crippen molar-refractivity contribution in [1.29, 1.82) is 0 Å². The first-order valence-corrected chi connectivity index (χ1v) is 10.9. The van der Waals surface area contributed by atoms with Gasteiger partial charge in [-0.3, -0.25) is 0 Å². The van der Waals surface area contributed by atoms with E-state index < -0.39 is 0 Å². The summed E-state index contributed by atoms with van der Waals surface area (Å²) in [7, 11) is 0. The van der Waals surface area contributed by atoms with Crippen molar-refractivity contribution in [3.63, 3.8) is 0 Å². The summed E-state index contributed by atoms with van der Waals surface area (Å²) in [4.78, 5) is 0. The Balaban J connectivity index is 1.57. The molecule has 0 amide bonds. The van der Waals surface area contributed by atoms with E-state index in [-0.39, 0.29) is 0 Å². The van der Waals surface area contributed by atoms with E-state index in [1.807, 2.05) is 0 Å². The molecule has 1 saturated heterocycles. The molecule has 1 fully saturated rings. The lowest BCUT2D eigenvalue weighted by Gasteiger charge is -2.11. The van der Waals surface area contributed by atoms with Gasteiger partial charge in [0.1, 0.15) is 11.2 Å². The number of furan rings is 1. The summed E-state index contributed by atoms with van der Waals surface area (Å²) in [5.74, 6) is 0. The lowest BCUT2D eigenvalue weighted by Crippen LogP contribution is -1.90. The van der Waals surface area contributed by atoms with E-state index in [0.29, 0.717) is 6.04 Å². The van der Waals surface area contributed by atoms with Crippen LogP contribution in [0.5, 0.6) is 0 Å². The molecule has 0 aliphatic carbocycles. The Hall–Kier alpha value is -3.62. The summed E-state index contributed by atoms with van der Waals surface area (Å²) < 4.78 is 6.25. The molecule has 2 nitrogen and oxygen atoms in total. The average molecular weight is 399 g/mol. The standard InChI is InChI=1S/C29H21NO/c1-17-10-12-27-29(28(17)25-16-30-25)24-15-19(11-13-26(24)31-27)23-14-18-6-2-3-7-20(18)21-8-4-5-9-22(21)23/h2-15,25,30H,16H2,1H3. The second-order valence-corrected chi connectivity index (χ2v) is 8.63. The molecule has 5 aromatic carbocycles. The van der Waals surface area contributed by atoms with Crippen molar-refractivity contribution in [2.45, 2.75) is 13.0 Å². The van der Waals surface area contributed by atoms with Crippen molar-refractivity contribution < 1.29 is 4.42 Å². The smallest absolute Gasteiger partial charge is 0.135 e. The van der Waals surface area contributed by atoms with Crippen LogP contribution in [0.15, 0.2) is 89.3 Å². The predicted molar refractivity (Wildman–Crippen MR) is 130 cm³/mol. The minimum Gasteiger partial charge on any atom is -0.456 e. The summed E-state index contributed by atoms with van der Waals surface area (Å²) in [6.45, 7) is 3.25. The zero-order valence-electron chi connectivity index (χ0n) is 17.3. The normalized spacial score (nSPS) is 16.0. The van der Waals surface area contributed by atoms with E-state index in [4.69, 9.17) is 4.42 Å². The fraction of sp³-hybridized carbons (Fsp3) is 0.103. The number of hydrogen-bond acceptors (Lipinski definition) is 2. The van der Waals surface area contributed by atoms with Crippen molar-refractivity contribution in [2.75, 3.05) is 6.54 Å². The van der Waals surface area contributed by atoms with Gasteiger partial charge in [0.15, 0.2) is 0 Å². The van der Waals surface area contributed by atoms with Gasteiger partial charge in [0.25, 0.3) is 0 Å². The fourth-order valence-corrected chi connectivity index (χ4v) is 5.17. The molecule has 148 valence electrons. The van der Waals surface area contributed by atoms with Gasteiger partial charge in [0.05, 0.1) is 0 Å². The molecule has 1 N–H and O–H groups in total. The molecule has 0 spiro atoms. The van der Waals surface area contributed by atoms with E-state index in [1.54, 1.807) is 0 Å². The maximum Gasteiger partial charge on any atom is 0.135 e. The van der Waals surface area contributed by atoms with Gasteiger partial charge in [-0.1, -0.05) is 60.7 Å². The van der Waals surface area contributed by atoms with Crippen LogP contribution in [0.1, 0.15) is 17.2 Å². The molecule has 1 aliphatic heterocycles. The third-order valence-corrected chi connectivity index (χ3v) is 6.73. The molecule has 0 bridgehead atoms. The van der Waals surface area contributed by atoms with E-state index in [9.17, 15) is 0 Å². The molecular formula is C29H21NO. The number of hydrogen-bond donors (Lipinski definition) is 1. The lowest BCUT2D eigenvalue weighted by molar-refractivity contribution is 0.668. The predicted octanol–water partition coefficient (Wildman–Crippen LogP) is 7.51. The van der Waals surface area contributed by atoms with Crippen molar-refractivity contribution in [3.8, 4) is 11.1 Å². The molecule has 1 aromatic heterocycles. The number of benzene rings is 5. The molecule has 0 saturated carbocycles. The summed E-state index contributed by atoms with van der Waals surface area (Å²) in [5.41, 5.74) is 7.14. The van der Waals surface area contributed by atoms with Crippen LogP contribution in [0, 0.1) is 6.92 Å². The van der Waals surface area contributed by atoms with Crippen LogP contribution < -0.4 is 5.32 Å². The monoisotopic (exact) mass is 399 g/mol. The number of aryl methyl sites for hydroxylation is 1. The van der Waals surface area contributed by atoms with Crippen LogP contribution in [0.2, 0.25) is 0 Å². The van der Waals surface area contributed by atoms with Crippen LogP contribution in [0.3, 0.4) is 0 Å². The first-order valence-electron chi connectivity index (χ1n) is 10.9. The van der Waals surface area contributed by atoms with Gasteiger partial charge in [-0.2, -0.15) is 0 Å². The van der Waals surface area contributed by atoms with Gasteiger partial charge in [0, 0.05) is 23.4 Å². The van der Waals surface area contributed by atoms with Gasteiger partial charge in [-0.05, 0) is 75.0 Å². The van der Waals surface area contributed by atoms with Gasteiger partial charge < -0.3 is 9.73 Å². The number of rotatable bonds is 2. The Labute approximate surface area is 180 Å². The van der Waals surface area contributed by atoms with Crippen LogP contribution >= 0.6 is 0 Å². The molecule has 1 aliphatic rings. The molecule has 2 heteroatoms. The topological polar surface area (TPSA) is 35.1 Å². The maximum atomic E-state index is 6.25. The molecular weight excluding hydrogens is 378 g/mol. The highest BCUT2D eigenvalue weighted by atomic mass is 16.3. The SMILES string of the molecule is Cc1ccc2oc3ccc(-c4cc5ccccc5c5ccccc45)cc3c2c1C1CN1. The third-order valence-electron chi connectivity index (χ3n) is 6.73. The highest BCUT2D eigenvalue weighted by Gasteiger charge is 2.28. The fourth-order valence-electron chi connectivity index (χ4n) is 5.17. The minimum absolute atomic E-state index is 0.439. The summed E-state index contributed by atoms with van der Waals surface area (Å²) >= 11 is 0. The van der Waals surface area contributed by atoms with E-state index in [2.05, 4.69) is 97.2 Å². The Bertz CT molecular complexity index is 1650. The van der Waals surface area contributed by atoms with Crippen LogP contribution in [-0.2, 0) is 0 Å². The molecule has 1 atom stereocenters. The van der Waals surface area contributed by atoms with E-state index >= 15 is 0 Å². The van der Waals surface area contributed by atoms with Crippen LogP contribution in [0.4, 0.5) is 0 Å². The van der Waals surface area contributed by atoms with Crippen LogP contribution in [-0.4, -0.2) is 6.54 Å². The second kappa shape index (κ2) is 6.19. The lowest BCUT2D eigenvalue weighted by atomic mass is 9.92. The van der Waals surface area contributed by atoms with Crippen molar-refractivity contribution in [3.05, 3.63) is 96.1 Å². The zero-order valence-corrected chi connectivity index (χ0v) is 17.3. The summed E-state index contributed by atoms with van der Waals surface area (Å²) in [6, 6.07) is 31.1. The Kier molecular flexibility index (Phi) is 3.42. The zero-order chi connectivity index (χ0) is 20.5. The molecule has 0 radical (unpaired) electrons. The van der Waals surface area contributed by atoms with Gasteiger partial charge in [-0.15, -0.1) is 0 Å². The third kappa shape index (κ3) is 2.49. The van der Waals surface area contributed by atoms with Crippen LogP contribution in [0.25, 0.3) is 54.6 Å². The first-order chi connectivity index (χ1) is 15.3. The molecule has 2 heterocycles. The second-order valence-electron chi connectivity index (χ2n) is 8.63. The highest BCUT2D eigenvalue weighted by Crippen LogP contribution is 2.41. The maximum absolute atomic E-state index is 6.25. The quantitative estimate of drug-likeness (QED) is 0.241. The van der Waals surface area contributed by atoms with Gasteiger partial charge in [-0.25, -0.2) is 0 Å². The molecule has 6 aromatic rings. The summed E-state index contributed by atoms with van der Waals surface area (Å²) in [5, 5.41) is 11.1. The van der Waals surface area contributed by atoms with E-state index in [1.165, 1.54) is 54.6 Å². The van der Waals surface area contributed by atoms with Gasteiger partial charge >= 0.3 is 0 Å². The Morgan fingerprint density at radius 1 is 0.742 bits per heavy atom. The average Bonchev–Trinajstić information content (AvgIpc) is 3.58. The number of nitrogens with one attached hydrogen (secondary N) is 1. The Morgan fingerprint density at radius 2 is 1.48 bits per heavy atom. The molecule has 31 heavy (non-hydrogen) atoms. The Morgan fingerprint density at radius 3 is 2.32 bits per heavy atom. The van der Waals surface area contributed by atoms with Crippen molar-refractivity contribution in [2.24, 2.45) is 0 Å². The first kappa shape index (κ1) is 17.1. The number of fused-ring (bicyclic) bond motifs is 6. The molecule has 7 rings (SSSR count). The van der Waals surface area contributed by atoms with Crippen molar-refractivity contribution in [1.82, 2.24) is 5.32 Å². The van der Waals surface area contributed by atoms with Crippen molar-refractivity contribution >= 4 is 43.5 Å². The largest absolute Gasteiger partial charge is 0.456 e. The van der Waals surface area contributed by atoms with Gasteiger partial charge in [0.2, 0.25) is 0 Å². The molecule has 1 unspecified atom stereocenters. The van der Waals surface area contributed by atoms with E-state index in [0.717, 1.165) is 17.7 Å². The minimum atomic E-state index is 0.439.